The van der Waals surface area contributed by atoms with E-state index in [9.17, 15) is 0 Å². The molecule has 1 aliphatic carbocycles. The molecule has 0 aromatic heterocycles. The van der Waals surface area contributed by atoms with Crippen LogP contribution in [0.5, 0.6) is 0 Å². The Morgan fingerprint density at radius 2 is 1.28 bits per heavy atom. The smallest absolute Gasteiger partial charge is 0 e. The molecule has 0 heterocycles. The summed E-state index contributed by atoms with van der Waals surface area (Å²) in [6.45, 7) is 0. The number of allylic oxidation sites excluding steroid dienone is 4. The average molecular weight is 282 g/mol. The molecule has 0 fully saturated rings. The Bertz CT molecular complexity index is 435. The molecule has 3 rings (SSSR count). The van der Waals surface area contributed by atoms with Crippen LogP contribution in [0.2, 0.25) is 0 Å². The summed E-state index contributed by atoms with van der Waals surface area (Å²) in [5.74, 6) is 0. The third kappa shape index (κ3) is 4.99. The molecule has 0 amide bonds. The molecule has 1 radical (unpaired) electrons. The second-order valence-electron chi connectivity index (χ2n) is 4.25. The second kappa shape index (κ2) is 8.84. The number of rotatable bonds is 0. The first-order chi connectivity index (χ1) is 8.47. The van der Waals surface area contributed by atoms with Crippen molar-refractivity contribution in [2.75, 3.05) is 0 Å². The van der Waals surface area contributed by atoms with E-state index < -0.39 is 0 Å². The van der Waals surface area contributed by atoms with E-state index in [1.54, 1.807) is 0 Å². The molecule has 0 saturated carbocycles. The van der Waals surface area contributed by atoms with Crippen molar-refractivity contribution in [3.8, 4) is 0 Å². The zero-order valence-electron chi connectivity index (χ0n) is 10.5. The Morgan fingerprint density at radius 1 is 0.722 bits per heavy atom. The minimum atomic E-state index is 0. The molecule has 1 heteroatoms. The van der Waals surface area contributed by atoms with Gasteiger partial charge in [-0.3, -0.25) is 0 Å². The van der Waals surface area contributed by atoms with E-state index in [1.807, 2.05) is 0 Å². The Hall–Kier alpha value is -1.18. The maximum Gasteiger partial charge on any atom is 0 e. The summed E-state index contributed by atoms with van der Waals surface area (Å²) in [5.41, 5.74) is 0. The Morgan fingerprint density at radius 3 is 1.83 bits per heavy atom. The number of fused-ring (bicyclic) bond motifs is 1. The topological polar surface area (TPSA) is 0 Å². The van der Waals surface area contributed by atoms with Gasteiger partial charge in [-0.2, -0.15) is 17.5 Å². The number of hydrogen-bond acceptors (Lipinski definition) is 0. The van der Waals surface area contributed by atoms with Gasteiger partial charge in [-0.05, 0) is 25.7 Å². The van der Waals surface area contributed by atoms with Crippen LogP contribution >= 0.6 is 0 Å². The normalized spacial score (nSPS) is 15.8. The van der Waals surface area contributed by atoms with Gasteiger partial charge in [0.05, 0.1) is 0 Å². The van der Waals surface area contributed by atoms with Gasteiger partial charge < -0.3 is 0 Å². The van der Waals surface area contributed by atoms with Crippen LogP contribution in [0.4, 0.5) is 0 Å². The Labute approximate surface area is 120 Å². The van der Waals surface area contributed by atoms with Gasteiger partial charge in [-0.1, -0.05) is 30.4 Å². The molecule has 0 spiro atoms. The third-order valence-corrected chi connectivity index (χ3v) is 2.88. The standard InChI is InChI=1S/C9H7.C8H12.Co/c1-2-5-9-7-3-6-8(9)4-1;1-2-4-6-8-7-5-3-1;/h1-7H;1-2,7-8H,3-6H2;/q-1;;/b;2-1-,8-7?;. The minimum absolute atomic E-state index is 0. The summed E-state index contributed by atoms with van der Waals surface area (Å²) in [4.78, 5) is 0. The van der Waals surface area contributed by atoms with Crippen molar-refractivity contribution in [2.45, 2.75) is 25.7 Å². The van der Waals surface area contributed by atoms with E-state index in [0.29, 0.717) is 0 Å². The van der Waals surface area contributed by atoms with Gasteiger partial charge in [-0.25, -0.2) is 0 Å². The maximum absolute atomic E-state index is 2.27. The summed E-state index contributed by atoms with van der Waals surface area (Å²) < 4.78 is 0. The van der Waals surface area contributed by atoms with Gasteiger partial charge in [0, 0.05) is 16.8 Å². The van der Waals surface area contributed by atoms with Gasteiger partial charge in [0.1, 0.15) is 0 Å². The molecule has 0 N–H and O–H groups in total. The molecule has 1 aliphatic rings. The molecule has 0 saturated heterocycles. The summed E-state index contributed by atoms with van der Waals surface area (Å²) in [6, 6.07) is 14.7. The quantitative estimate of drug-likeness (QED) is 0.458. The fourth-order valence-electron chi connectivity index (χ4n) is 1.93. The van der Waals surface area contributed by atoms with Crippen LogP contribution in [0.25, 0.3) is 10.8 Å². The fraction of sp³-hybridized carbons (Fsp3) is 0.235. The predicted molar refractivity (Wildman–Crippen MR) is 76.3 cm³/mol. The molecule has 0 unspecified atom stereocenters. The van der Waals surface area contributed by atoms with Crippen molar-refractivity contribution in [3.05, 3.63) is 66.8 Å². The van der Waals surface area contributed by atoms with Gasteiger partial charge >= 0.3 is 0 Å². The average Bonchev–Trinajstić information content (AvgIpc) is 2.76. The van der Waals surface area contributed by atoms with Crippen LogP contribution < -0.4 is 0 Å². The number of benzene rings is 1. The monoisotopic (exact) mass is 282 g/mol. The molecule has 0 nitrogen and oxygen atoms in total. The van der Waals surface area contributed by atoms with Crippen LogP contribution in [0.15, 0.2) is 66.8 Å². The first-order valence-corrected chi connectivity index (χ1v) is 6.37. The molecule has 0 aliphatic heterocycles. The van der Waals surface area contributed by atoms with Crippen LogP contribution in [0.1, 0.15) is 25.7 Å². The summed E-state index contributed by atoms with van der Waals surface area (Å²) >= 11 is 0. The first kappa shape index (κ1) is 14.9. The second-order valence-corrected chi connectivity index (χ2v) is 4.25. The van der Waals surface area contributed by atoms with E-state index in [4.69, 9.17) is 0 Å². The molecule has 0 bridgehead atoms. The van der Waals surface area contributed by atoms with E-state index in [-0.39, 0.29) is 16.8 Å². The zero-order chi connectivity index (χ0) is 11.8. The zero-order valence-corrected chi connectivity index (χ0v) is 11.6. The van der Waals surface area contributed by atoms with Crippen molar-refractivity contribution in [3.63, 3.8) is 0 Å². The molecular formula is C17H19Co-. The van der Waals surface area contributed by atoms with Crippen molar-refractivity contribution in [2.24, 2.45) is 0 Å². The van der Waals surface area contributed by atoms with Crippen LogP contribution in [-0.2, 0) is 16.8 Å². The first-order valence-electron chi connectivity index (χ1n) is 6.37. The van der Waals surface area contributed by atoms with Gasteiger partial charge in [-0.15, -0.1) is 29.7 Å². The van der Waals surface area contributed by atoms with Crippen LogP contribution in [0, 0.1) is 0 Å². The molecular weight excluding hydrogens is 263 g/mol. The van der Waals surface area contributed by atoms with E-state index >= 15 is 0 Å². The van der Waals surface area contributed by atoms with Crippen molar-refractivity contribution in [1.29, 1.82) is 0 Å². The molecule has 0 atom stereocenters. The molecule has 2 aromatic carbocycles. The van der Waals surface area contributed by atoms with E-state index in [1.165, 1.54) is 36.5 Å². The van der Waals surface area contributed by atoms with Crippen LogP contribution in [-0.4, -0.2) is 0 Å². The fourth-order valence-corrected chi connectivity index (χ4v) is 1.93. The molecule has 18 heavy (non-hydrogen) atoms. The minimum Gasteiger partial charge on any atom is -0.168 e. The van der Waals surface area contributed by atoms with E-state index in [2.05, 4.69) is 66.8 Å². The predicted octanol–water partition coefficient (Wildman–Crippen LogP) is 5.23. The van der Waals surface area contributed by atoms with Crippen LogP contribution in [0.3, 0.4) is 0 Å². The van der Waals surface area contributed by atoms with E-state index in [0.717, 1.165) is 0 Å². The molecule has 97 valence electrons. The summed E-state index contributed by atoms with van der Waals surface area (Å²) in [6.07, 6.45) is 14.0. The van der Waals surface area contributed by atoms with Gasteiger partial charge in [0.15, 0.2) is 0 Å². The van der Waals surface area contributed by atoms with Gasteiger partial charge in [0.25, 0.3) is 0 Å². The van der Waals surface area contributed by atoms with Crippen molar-refractivity contribution in [1.82, 2.24) is 0 Å². The Balaban J connectivity index is 0.000000172. The SMILES string of the molecule is C1=CCC/C=C\CC1.[Co].c1ccc2[cH-]ccc2c1. The number of hydrogen-bond donors (Lipinski definition) is 0. The maximum atomic E-state index is 2.27. The molecule has 2 aromatic rings. The summed E-state index contributed by atoms with van der Waals surface area (Å²) in [7, 11) is 0. The summed E-state index contributed by atoms with van der Waals surface area (Å²) in [5, 5.41) is 2.66. The Kier molecular flexibility index (Phi) is 7.31. The van der Waals surface area contributed by atoms with Crippen molar-refractivity contribution < 1.29 is 16.8 Å². The third-order valence-electron chi connectivity index (χ3n) is 2.88. The largest absolute Gasteiger partial charge is 0.168 e. The van der Waals surface area contributed by atoms with Crippen molar-refractivity contribution >= 4 is 10.8 Å². The van der Waals surface area contributed by atoms with Gasteiger partial charge in [0.2, 0.25) is 0 Å².